The monoisotopic (exact) mass is 666 g/mol. The second kappa shape index (κ2) is 14.2. The molecule has 0 unspecified atom stereocenters. The average molecular weight is 667 g/mol. The first kappa shape index (κ1) is 33.8. The minimum Gasteiger partial charge on any atom is -0.496 e. The van der Waals surface area contributed by atoms with E-state index in [1.54, 1.807) is 42.3 Å². The quantitative estimate of drug-likeness (QED) is 0.203. The molecule has 0 saturated carbocycles. The number of amides is 2. The van der Waals surface area contributed by atoms with Crippen LogP contribution >= 0.6 is 0 Å². The molecule has 2 aromatic heterocycles. The topological polar surface area (TPSA) is 127 Å². The van der Waals surface area contributed by atoms with Crippen LogP contribution in [-0.4, -0.2) is 85.0 Å². The van der Waals surface area contributed by atoms with Gasteiger partial charge in [0.1, 0.15) is 40.6 Å². The highest BCUT2D eigenvalue weighted by molar-refractivity contribution is 5.97. The van der Waals surface area contributed by atoms with Gasteiger partial charge < -0.3 is 33.2 Å². The summed E-state index contributed by atoms with van der Waals surface area (Å²) in [6.45, 7) is 7.90. The van der Waals surface area contributed by atoms with Crippen LogP contribution < -0.4 is 9.47 Å². The van der Waals surface area contributed by atoms with E-state index in [1.807, 2.05) is 57.2 Å². The van der Waals surface area contributed by atoms with Gasteiger partial charge in [-0.25, -0.2) is 4.79 Å². The molecule has 0 atom stereocenters. The minimum absolute atomic E-state index is 0.0132. The molecule has 0 radical (unpaired) electrons. The molecule has 2 amide bonds. The summed E-state index contributed by atoms with van der Waals surface area (Å²) in [5.41, 5.74) is 3.86. The maximum Gasteiger partial charge on any atom is 0.410 e. The lowest BCUT2D eigenvalue weighted by Crippen LogP contribution is -2.48. The van der Waals surface area contributed by atoms with Crippen molar-refractivity contribution in [2.45, 2.75) is 64.2 Å². The van der Waals surface area contributed by atoms with Crippen LogP contribution in [0.4, 0.5) is 4.79 Å². The molecule has 11 heteroatoms. The summed E-state index contributed by atoms with van der Waals surface area (Å²) in [4.78, 5) is 34.1. The van der Waals surface area contributed by atoms with E-state index in [1.165, 1.54) is 0 Å². The van der Waals surface area contributed by atoms with Crippen LogP contribution in [0.1, 0.15) is 62.4 Å². The van der Waals surface area contributed by atoms with Gasteiger partial charge in [0.25, 0.3) is 5.91 Å². The summed E-state index contributed by atoms with van der Waals surface area (Å²) in [6, 6.07) is 16.8. The Kier molecular flexibility index (Phi) is 9.79. The van der Waals surface area contributed by atoms with Crippen molar-refractivity contribution in [3.05, 3.63) is 65.9 Å². The normalized spacial score (nSPS) is 15.9. The summed E-state index contributed by atoms with van der Waals surface area (Å²) < 4.78 is 29.2. The number of carbonyl (C=O) groups is 2. The molecule has 0 spiro atoms. The van der Waals surface area contributed by atoms with Gasteiger partial charge in [0.05, 0.1) is 31.5 Å². The van der Waals surface area contributed by atoms with Gasteiger partial charge in [-0.05, 0) is 75.6 Å². The number of piperidine rings is 1. The fourth-order valence-corrected chi connectivity index (χ4v) is 6.32. The molecule has 0 aliphatic carbocycles. The van der Waals surface area contributed by atoms with Crippen molar-refractivity contribution < 1.29 is 33.0 Å². The van der Waals surface area contributed by atoms with E-state index in [9.17, 15) is 14.9 Å². The number of carbonyl (C=O) groups excluding carboxylic acids is 2. The number of nitrogens with zero attached hydrogens (tertiary/aromatic N) is 4. The highest BCUT2D eigenvalue weighted by atomic mass is 16.6. The number of furan rings is 1. The molecule has 6 rings (SSSR count). The predicted molar refractivity (Wildman–Crippen MR) is 184 cm³/mol. The van der Waals surface area contributed by atoms with Gasteiger partial charge in [0.15, 0.2) is 5.58 Å². The standard InChI is InChI=1S/C38H42N4O7/c1-38(2,3)49-37(44)42-16-11-27(12-17-42)41(4)36(43)25-6-8-30(33(21-25)45-5)34-22-31-35(48-34)29(10-15-40-31)24-7-9-32(26(20-24)23-39)47-28-13-18-46-19-14-28/h6-10,15,20-22,27-28H,11-14,16-19H2,1-5H3. The highest BCUT2D eigenvalue weighted by Crippen LogP contribution is 2.39. The molecular formula is C38H42N4O7. The maximum absolute atomic E-state index is 13.6. The first-order valence-corrected chi connectivity index (χ1v) is 16.7. The van der Waals surface area contributed by atoms with Crippen LogP contribution in [0.5, 0.6) is 11.5 Å². The number of fused-ring (bicyclic) bond motifs is 1. The highest BCUT2D eigenvalue weighted by Gasteiger charge is 2.31. The van der Waals surface area contributed by atoms with Gasteiger partial charge in [0, 0.05) is 62.4 Å². The third-order valence-corrected chi connectivity index (χ3v) is 8.98. The Labute approximate surface area is 286 Å². The molecule has 2 aromatic carbocycles. The van der Waals surface area contributed by atoms with Crippen LogP contribution in [0.25, 0.3) is 33.6 Å². The van der Waals surface area contributed by atoms with Crippen LogP contribution in [0, 0.1) is 11.3 Å². The van der Waals surface area contributed by atoms with E-state index >= 15 is 0 Å². The lowest BCUT2D eigenvalue weighted by Gasteiger charge is -2.37. The first-order valence-electron chi connectivity index (χ1n) is 16.7. The Morgan fingerprint density at radius 3 is 2.43 bits per heavy atom. The first-order chi connectivity index (χ1) is 23.5. The van der Waals surface area contributed by atoms with Crippen LogP contribution in [0.2, 0.25) is 0 Å². The summed E-state index contributed by atoms with van der Waals surface area (Å²) in [6.07, 6.45) is 4.31. The van der Waals surface area contributed by atoms with Crippen molar-refractivity contribution in [1.82, 2.24) is 14.8 Å². The number of aromatic nitrogens is 1. The number of nitriles is 1. The van der Waals surface area contributed by atoms with Gasteiger partial charge in [-0.2, -0.15) is 5.26 Å². The summed E-state index contributed by atoms with van der Waals surface area (Å²) in [5.74, 6) is 1.45. The number of rotatable bonds is 7. The summed E-state index contributed by atoms with van der Waals surface area (Å²) >= 11 is 0. The Balaban J connectivity index is 1.19. The zero-order chi connectivity index (χ0) is 34.7. The molecule has 49 heavy (non-hydrogen) atoms. The molecule has 2 fully saturated rings. The number of likely N-dealkylation sites (tertiary alicyclic amines) is 1. The minimum atomic E-state index is -0.554. The van der Waals surface area contributed by atoms with E-state index in [0.29, 0.717) is 84.2 Å². The number of ether oxygens (including phenoxy) is 4. The van der Waals surface area contributed by atoms with E-state index in [0.717, 1.165) is 24.0 Å². The Morgan fingerprint density at radius 2 is 1.73 bits per heavy atom. The smallest absolute Gasteiger partial charge is 0.410 e. The van der Waals surface area contributed by atoms with Gasteiger partial charge in [0.2, 0.25) is 0 Å². The average Bonchev–Trinajstić information content (AvgIpc) is 3.55. The molecule has 2 aliphatic heterocycles. The molecule has 2 saturated heterocycles. The number of hydrogen-bond donors (Lipinski definition) is 0. The van der Waals surface area contributed by atoms with Crippen molar-refractivity contribution in [3.8, 4) is 40.0 Å². The molecule has 256 valence electrons. The van der Waals surface area contributed by atoms with Gasteiger partial charge in [-0.3, -0.25) is 9.78 Å². The Bertz CT molecular complexity index is 1880. The molecule has 0 bridgehead atoms. The molecule has 11 nitrogen and oxygen atoms in total. The lowest BCUT2D eigenvalue weighted by atomic mass is 10.0. The van der Waals surface area contributed by atoms with E-state index in [2.05, 4.69) is 11.1 Å². The maximum atomic E-state index is 13.6. The molecule has 4 aromatic rings. The second-order valence-corrected chi connectivity index (χ2v) is 13.5. The zero-order valence-corrected chi connectivity index (χ0v) is 28.7. The van der Waals surface area contributed by atoms with Crippen molar-refractivity contribution in [1.29, 1.82) is 5.26 Å². The van der Waals surface area contributed by atoms with Gasteiger partial charge in [-0.15, -0.1) is 0 Å². The lowest BCUT2D eigenvalue weighted by molar-refractivity contribution is 0.0159. The molecule has 0 N–H and O–H groups in total. The van der Waals surface area contributed by atoms with E-state index in [4.69, 9.17) is 23.4 Å². The van der Waals surface area contributed by atoms with Crippen molar-refractivity contribution in [3.63, 3.8) is 0 Å². The zero-order valence-electron chi connectivity index (χ0n) is 28.7. The third-order valence-electron chi connectivity index (χ3n) is 8.98. The Hall–Kier alpha value is -5.08. The van der Waals surface area contributed by atoms with Crippen LogP contribution in [-0.2, 0) is 9.47 Å². The fourth-order valence-electron chi connectivity index (χ4n) is 6.32. The van der Waals surface area contributed by atoms with E-state index < -0.39 is 5.60 Å². The predicted octanol–water partition coefficient (Wildman–Crippen LogP) is 7.07. The number of methoxy groups -OCH3 is 1. The molecule has 4 heterocycles. The number of benzene rings is 2. The largest absolute Gasteiger partial charge is 0.496 e. The fraction of sp³-hybridized carbons (Fsp3) is 0.421. The van der Waals surface area contributed by atoms with Crippen LogP contribution in [0.3, 0.4) is 0 Å². The Morgan fingerprint density at radius 1 is 0.980 bits per heavy atom. The third kappa shape index (κ3) is 7.50. The van der Waals surface area contributed by atoms with E-state index in [-0.39, 0.29) is 24.1 Å². The second-order valence-electron chi connectivity index (χ2n) is 13.5. The van der Waals surface area contributed by atoms with Crippen LogP contribution in [0.15, 0.2) is 59.1 Å². The van der Waals surface area contributed by atoms with Gasteiger partial charge >= 0.3 is 6.09 Å². The summed E-state index contributed by atoms with van der Waals surface area (Å²) in [7, 11) is 3.35. The summed E-state index contributed by atoms with van der Waals surface area (Å²) in [5, 5.41) is 9.93. The SMILES string of the molecule is COc1cc(C(=O)N(C)C2CCN(C(=O)OC(C)(C)C)CC2)ccc1-c1cc2nccc(-c3ccc(OC4CCOCC4)c(C#N)c3)c2o1. The molecule has 2 aliphatic rings. The van der Waals surface area contributed by atoms with Gasteiger partial charge in [-0.1, -0.05) is 6.07 Å². The molecular weight excluding hydrogens is 624 g/mol. The van der Waals surface area contributed by atoms with Crippen molar-refractivity contribution in [2.75, 3.05) is 40.5 Å². The van der Waals surface area contributed by atoms with Crippen molar-refractivity contribution in [2.24, 2.45) is 0 Å². The number of hydrogen-bond acceptors (Lipinski definition) is 9. The number of pyridine rings is 1. The van der Waals surface area contributed by atoms with Crippen molar-refractivity contribution >= 4 is 23.1 Å².